The van der Waals surface area contributed by atoms with E-state index in [1.165, 1.54) is 6.08 Å². The van der Waals surface area contributed by atoms with Gasteiger partial charge in [-0.1, -0.05) is 11.6 Å². The summed E-state index contributed by atoms with van der Waals surface area (Å²) >= 11 is 5.97. The quantitative estimate of drug-likeness (QED) is 0.839. The second-order valence-electron chi connectivity index (χ2n) is 5.66. The minimum Gasteiger partial charge on any atom is -0.496 e. The molecule has 0 aromatic heterocycles. The largest absolute Gasteiger partial charge is 0.496 e. The average molecular weight is 337 g/mol. The van der Waals surface area contributed by atoms with Crippen LogP contribution in [0.25, 0.3) is 6.08 Å². The van der Waals surface area contributed by atoms with Gasteiger partial charge < -0.3 is 15.4 Å². The van der Waals surface area contributed by atoms with Gasteiger partial charge in [0, 0.05) is 36.2 Å². The summed E-state index contributed by atoms with van der Waals surface area (Å²) in [6.45, 7) is 1.29. The molecule has 1 saturated heterocycles. The first-order valence-corrected chi connectivity index (χ1v) is 7.96. The Morgan fingerprint density at radius 2 is 2.09 bits per heavy atom. The first kappa shape index (κ1) is 17.3. The predicted molar refractivity (Wildman–Crippen MR) is 90.2 cm³/mol. The highest BCUT2D eigenvalue weighted by Crippen LogP contribution is 2.24. The van der Waals surface area contributed by atoms with Gasteiger partial charge in [0.1, 0.15) is 5.75 Å². The van der Waals surface area contributed by atoms with Gasteiger partial charge in [-0.3, -0.25) is 9.59 Å². The highest BCUT2D eigenvalue weighted by molar-refractivity contribution is 6.30. The standard InChI is InChI=1S/C17H21ClN2O3/c1-23-15-4-3-14(18)11-13(15)2-5-17(22)20-8-6-12(7-9-20)10-16(19)21/h2-5,11-12H,6-10H2,1H3,(H2,19,21)/b5-2-. The van der Waals surface area contributed by atoms with E-state index < -0.39 is 0 Å². The molecule has 0 aliphatic carbocycles. The van der Waals surface area contributed by atoms with Gasteiger partial charge in [-0.05, 0) is 43.0 Å². The Morgan fingerprint density at radius 3 is 2.70 bits per heavy atom. The van der Waals surface area contributed by atoms with Gasteiger partial charge in [-0.25, -0.2) is 0 Å². The van der Waals surface area contributed by atoms with E-state index in [1.807, 2.05) is 0 Å². The van der Waals surface area contributed by atoms with Crippen molar-refractivity contribution in [3.05, 3.63) is 34.9 Å². The first-order chi connectivity index (χ1) is 11.0. The van der Waals surface area contributed by atoms with Gasteiger partial charge in [-0.15, -0.1) is 0 Å². The van der Waals surface area contributed by atoms with Crippen molar-refractivity contribution in [2.45, 2.75) is 19.3 Å². The predicted octanol–water partition coefficient (Wildman–Crippen LogP) is 2.48. The van der Waals surface area contributed by atoms with Gasteiger partial charge in [0.05, 0.1) is 7.11 Å². The molecule has 1 heterocycles. The van der Waals surface area contributed by atoms with Crippen LogP contribution < -0.4 is 10.5 Å². The lowest BCUT2D eigenvalue weighted by Gasteiger charge is -2.30. The normalized spacial score (nSPS) is 15.8. The third-order valence-electron chi connectivity index (χ3n) is 4.01. The molecule has 0 spiro atoms. The molecular formula is C17H21ClN2O3. The molecule has 1 aromatic rings. The molecule has 1 fully saturated rings. The average Bonchev–Trinajstić information content (AvgIpc) is 2.53. The number of hydrogen-bond donors (Lipinski definition) is 1. The molecule has 5 nitrogen and oxygen atoms in total. The minimum absolute atomic E-state index is 0.0513. The van der Waals surface area contributed by atoms with Crippen LogP contribution in [-0.4, -0.2) is 36.9 Å². The zero-order valence-corrected chi connectivity index (χ0v) is 13.9. The molecule has 1 aromatic carbocycles. The molecule has 1 aliphatic heterocycles. The smallest absolute Gasteiger partial charge is 0.246 e. The zero-order chi connectivity index (χ0) is 16.8. The molecule has 2 amide bonds. The number of carbonyl (C=O) groups is 2. The lowest BCUT2D eigenvalue weighted by atomic mass is 9.93. The number of carbonyl (C=O) groups excluding carboxylic acids is 2. The van der Waals surface area contributed by atoms with Crippen LogP contribution in [0.4, 0.5) is 0 Å². The second-order valence-corrected chi connectivity index (χ2v) is 6.10. The topological polar surface area (TPSA) is 72.6 Å². The summed E-state index contributed by atoms with van der Waals surface area (Å²) in [5.41, 5.74) is 5.98. The van der Waals surface area contributed by atoms with Gasteiger partial charge in [0.25, 0.3) is 0 Å². The van der Waals surface area contributed by atoms with Crippen molar-refractivity contribution in [3.63, 3.8) is 0 Å². The number of benzene rings is 1. The van der Waals surface area contributed by atoms with E-state index in [2.05, 4.69) is 0 Å². The number of piperidine rings is 1. The van der Waals surface area contributed by atoms with Crippen LogP contribution in [0.5, 0.6) is 5.75 Å². The number of nitrogens with zero attached hydrogens (tertiary/aromatic N) is 1. The van der Waals surface area contributed by atoms with E-state index in [-0.39, 0.29) is 17.7 Å². The Labute approximate surface area is 141 Å². The summed E-state index contributed by atoms with van der Waals surface area (Å²) in [6, 6.07) is 5.26. The summed E-state index contributed by atoms with van der Waals surface area (Å²) in [5, 5.41) is 0.588. The summed E-state index contributed by atoms with van der Waals surface area (Å²) in [7, 11) is 1.58. The molecule has 23 heavy (non-hydrogen) atoms. The lowest BCUT2D eigenvalue weighted by molar-refractivity contribution is -0.127. The van der Waals surface area contributed by atoms with Gasteiger partial charge in [-0.2, -0.15) is 0 Å². The molecule has 0 radical (unpaired) electrons. The third-order valence-corrected chi connectivity index (χ3v) is 4.25. The Balaban J connectivity index is 1.95. The first-order valence-electron chi connectivity index (χ1n) is 7.58. The number of likely N-dealkylation sites (tertiary alicyclic amines) is 1. The molecule has 0 bridgehead atoms. The molecule has 1 aliphatic rings. The maximum atomic E-state index is 12.3. The van der Waals surface area contributed by atoms with Crippen molar-refractivity contribution in [2.24, 2.45) is 11.7 Å². The number of rotatable bonds is 5. The highest BCUT2D eigenvalue weighted by atomic mass is 35.5. The molecular weight excluding hydrogens is 316 g/mol. The molecule has 0 saturated carbocycles. The van der Waals surface area contributed by atoms with Crippen LogP contribution in [0.3, 0.4) is 0 Å². The number of halogens is 1. The third kappa shape index (κ3) is 4.99. The Bertz CT molecular complexity index is 608. The molecule has 124 valence electrons. The fraction of sp³-hybridized carbons (Fsp3) is 0.412. The summed E-state index contributed by atoms with van der Waals surface area (Å²) < 4.78 is 5.25. The van der Waals surface area contributed by atoms with Crippen LogP contribution in [0.2, 0.25) is 5.02 Å². The van der Waals surface area contributed by atoms with Gasteiger partial charge in [0.15, 0.2) is 0 Å². The molecule has 0 atom stereocenters. The number of nitrogens with two attached hydrogens (primary N) is 1. The van der Waals surface area contributed by atoms with E-state index in [4.69, 9.17) is 22.1 Å². The van der Waals surface area contributed by atoms with Crippen LogP contribution in [0, 0.1) is 5.92 Å². The molecule has 2 rings (SSSR count). The fourth-order valence-electron chi connectivity index (χ4n) is 2.74. The van der Waals surface area contributed by atoms with Gasteiger partial charge >= 0.3 is 0 Å². The van der Waals surface area contributed by atoms with Gasteiger partial charge in [0.2, 0.25) is 11.8 Å². The van der Waals surface area contributed by atoms with E-state index in [9.17, 15) is 9.59 Å². The van der Waals surface area contributed by atoms with Crippen molar-refractivity contribution < 1.29 is 14.3 Å². The van der Waals surface area contributed by atoms with Crippen LogP contribution in [0.15, 0.2) is 24.3 Å². The minimum atomic E-state index is -0.275. The second kappa shape index (κ2) is 8.02. The number of primary amides is 1. The Hall–Kier alpha value is -2.01. The maximum absolute atomic E-state index is 12.3. The zero-order valence-electron chi connectivity index (χ0n) is 13.1. The van der Waals surface area contributed by atoms with E-state index >= 15 is 0 Å². The van der Waals surface area contributed by atoms with Crippen molar-refractivity contribution in [1.82, 2.24) is 4.90 Å². The van der Waals surface area contributed by atoms with Crippen LogP contribution in [-0.2, 0) is 9.59 Å². The van der Waals surface area contributed by atoms with E-state index in [0.29, 0.717) is 30.3 Å². The Kier molecular flexibility index (Phi) is 6.04. The summed E-state index contributed by atoms with van der Waals surface area (Å²) in [6.07, 6.45) is 5.26. The molecule has 0 unspecified atom stereocenters. The molecule has 2 N–H and O–H groups in total. The SMILES string of the molecule is COc1ccc(Cl)cc1/C=C\C(=O)N1CCC(CC(N)=O)CC1. The number of amides is 2. The van der Waals surface area contributed by atoms with Crippen molar-refractivity contribution in [2.75, 3.05) is 20.2 Å². The molecule has 6 heteroatoms. The van der Waals surface area contributed by atoms with E-state index in [0.717, 1.165) is 18.4 Å². The monoisotopic (exact) mass is 336 g/mol. The van der Waals surface area contributed by atoms with Crippen molar-refractivity contribution in [3.8, 4) is 5.75 Å². The fourth-order valence-corrected chi connectivity index (χ4v) is 2.92. The van der Waals surface area contributed by atoms with Crippen LogP contribution in [0.1, 0.15) is 24.8 Å². The lowest BCUT2D eigenvalue weighted by Crippen LogP contribution is -2.38. The van der Waals surface area contributed by atoms with Crippen molar-refractivity contribution >= 4 is 29.5 Å². The number of methoxy groups -OCH3 is 1. The number of ether oxygens (including phenoxy) is 1. The van der Waals surface area contributed by atoms with Crippen LogP contribution >= 0.6 is 11.6 Å². The summed E-state index contributed by atoms with van der Waals surface area (Å²) in [4.78, 5) is 25.0. The highest BCUT2D eigenvalue weighted by Gasteiger charge is 2.22. The van der Waals surface area contributed by atoms with E-state index in [1.54, 1.807) is 36.3 Å². The number of hydrogen-bond acceptors (Lipinski definition) is 3. The van der Waals surface area contributed by atoms with Crippen molar-refractivity contribution in [1.29, 1.82) is 0 Å². The summed E-state index contributed by atoms with van der Waals surface area (Å²) in [5.74, 6) is 0.624. The Morgan fingerprint density at radius 1 is 1.39 bits per heavy atom. The maximum Gasteiger partial charge on any atom is 0.246 e.